The highest BCUT2D eigenvalue weighted by Crippen LogP contribution is 2.49. The van der Waals surface area contributed by atoms with Crippen molar-refractivity contribution in [2.45, 2.75) is 104 Å². The molecule has 0 aromatic heterocycles. The van der Waals surface area contributed by atoms with E-state index in [1.54, 1.807) is 0 Å². The van der Waals surface area contributed by atoms with Gasteiger partial charge in [0.15, 0.2) is 6.61 Å². The number of hydrogen-bond acceptors (Lipinski definition) is 5. The Kier molecular flexibility index (Phi) is 9.62. The summed E-state index contributed by atoms with van der Waals surface area (Å²) < 4.78 is 11.7. The van der Waals surface area contributed by atoms with Crippen LogP contribution in [0.4, 0.5) is 0 Å². The van der Waals surface area contributed by atoms with E-state index in [4.69, 9.17) is 14.6 Å². The maximum atomic E-state index is 12.8. The van der Waals surface area contributed by atoms with Crippen molar-refractivity contribution in [2.24, 2.45) is 23.2 Å². The van der Waals surface area contributed by atoms with Crippen LogP contribution in [0.5, 0.6) is 5.75 Å². The highest BCUT2D eigenvalue weighted by Gasteiger charge is 2.47. The van der Waals surface area contributed by atoms with Gasteiger partial charge >= 0.3 is 11.9 Å². The first-order valence-electron chi connectivity index (χ1n) is 13.4. The minimum atomic E-state index is -0.986. The van der Waals surface area contributed by atoms with Crippen molar-refractivity contribution in [3.05, 3.63) is 29.3 Å². The number of esters is 1. The standard InChI is InChI=1S/C29H44O6/c1-5-6-7-10-21(30)12-13-22-23-14-19-9-8-11-25(34-18-27(31)32)24(19)15-20(23)16-26(22)35-28(33)17-29(2,3)4/h8-9,11,20-23,26,30H,5-7,10,12-18H2,1-4H3,(H,31,32)/t20-,21-,22+,23-,26+/m0/s1. The topological polar surface area (TPSA) is 93.1 Å². The van der Waals surface area contributed by atoms with E-state index < -0.39 is 5.97 Å². The van der Waals surface area contributed by atoms with Crippen LogP contribution in [0.25, 0.3) is 0 Å². The number of carboxylic acid groups (broad SMARTS) is 1. The number of benzene rings is 1. The van der Waals surface area contributed by atoms with Gasteiger partial charge in [-0.05, 0) is 78.9 Å². The van der Waals surface area contributed by atoms with Crippen LogP contribution >= 0.6 is 0 Å². The zero-order chi connectivity index (χ0) is 25.6. The molecule has 2 aliphatic carbocycles. The number of aliphatic hydroxyl groups is 1. The molecule has 1 aromatic rings. The molecule has 0 heterocycles. The van der Waals surface area contributed by atoms with Gasteiger partial charge in [-0.2, -0.15) is 0 Å². The zero-order valence-electron chi connectivity index (χ0n) is 21.9. The number of aliphatic hydroxyl groups excluding tert-OH is 1. The maximum absolute atomic E-state index is 12.8. The molecule has 2 N–H and O–H groups in total. The van der Waals surface area contributed by atoms with Gasteiger partial charge in [-0.25, -0.2) is 4.79 Å². The fraction of sp³-hybridized carbons (Fsp3) is 0.724. The lowest BCUT2D eigenvalue weighted by Crippen LogP contribution is -2.30. The minimum Gasteiger partial charge on any atom is -0.482 e. The summed E-state index contributed by atoms with van der Waals surface area (Å²) in [4.78, 5) is 23.8. The number of carboxylic acids is 1. The predicted molar refractivity (Wildman–Crippen MR) is 135 cm³/mol. The van der Waals surface area contributed by atoms with E-state index in [9.17, 15) is 14.7 Å². The molecule has 0 spiro atoms. The van der Waals surface area contributed by atoms with Gasteiger partial charge in [-0.15, -0.1) is 0 Å². The largest absolute Gasteiger partial charge is 0.482 e. The monoisotopic (exact) mass is 488 g/mol. The third kappa shape index (κ3) is 7.96. The van der Waals surface area contributed by atoms with Gasteiger partial charge in [0.1, 0.15) is 11.9 Å². The van der Waals surface area contributed by atoms with Gasteiger partial charge in [-0.3, -0.25) is 4.79 Å². The molecule has 0 aliphatic heterocycles. The van der Waals surface area contributed by atoms with Crippen molar-refractivity contribution in [1.82, 2.24) is 0 Å². The first kappa shape index (κ1) is 27.5. The lowest BCUT2D eigenvalue weighted by atomic mass is 9.73. The molecule has 0 radical (unpaired) electrons. The Labute approximate surface area is 210 Å². The third-order valence-corrected chi connectivity index (χ3v) is 7.60. The fourth-order valence-corrected chi connectivity index (χ4v) is 5.99. The molecule has 1 aromatic carbocycles. The number of fused-ring (bicyclic) bond motifs is 2. The van der Waals surface area contributed by atoms with Crippen LogP contribution in [-0.2, 0) is 27.2 Å². The number of aliphatic carboxylic acids is 1. The summed E-state index contributed by atoms with van der Waals surface area (Å²) in [5, 5.41) is 19.6. The summed E-state index contributed by atoms with van der Waals surface area (Å²) in [5.41, 5.74) is 2.17. The van der Waals surface area contributed by atoms with Crippen LogP contribution in [0.15, 0.2) is 18.2 Å². The van der Waals surface area contributed by atoms with E-state index in [2.05, 4.69) is 13.0 Å². The van der Waals surface area contributed by atoms with E-state index in [1.807, 2.05) is 32.9 Å². The second-order valence-electron chi connectivity index (χ2n) is 11.8. The SMILES string of the molecule is CCCCC[C@H](O)CC[C@@H]1[C@H]2Cc3cccc(OCC(=O)O)c3C[C@H]2C[C@H]1OC(=O)CC(C)(C)C. The van der Waals surface area contributed by atoms with E-state index in [-0.39, 0.29) is 36.1 Å². The second kappa shape index (κ2) is 12.2. The predicted octanol–water partition coefficient (Wildman–Crippen LogP) is 5.57. The highest BCUT2D eigenvalue weighted by molar-refractivity contribution is 5.70. The Balaban J connectivity index is 1.74. The Bertz CT molecular complexity index is 857. The number of rotatable bonds is 12. The molecule has 5 atom stereocenters. The molecule has 1 fully saturated rings. The van der Waals surface area contributed by atoms with Crippen molar-refractivity contribution in [3.63, 3.8) is 0 Å². The highest BCUT2D eigenvalue weighted by atomic mass is 16.5. The normalized spacial score (nSPS) is 24.4. The molecule has 1 saturated carbocycles. The molecule has 3 rings (SSSR count). The molecule has 6 nitrogen and oxygen atoms in total. The van der Waals surface area contributed by atoms with Crippen LogP contribution in [0, 0.1) is 23.2 Å². The first-order chi connectivity index (χ1) is 16.6. The molecular formula is C29H44O6. The number of unbranched alkanes of at least 4 members (excludes halogenated alkanes) is 2. The van der Waals surface area contributed by atoms with Gasteiger partial charge in [-0.1, -0.05) is 59.1 Å². The molecule has 0 saturated heterocycles. The van der Waals surface area contributed by atoms with Crippen molar-refractivity contribution < 1.29 is 29.3 Å². The number of ether oxygens (including phenoxy) is 2. The number of carbonyl (C=O) groups is 2. The van der Waals surface area contributed by atoms with Crippen molar-refractivity contribution in [2.75, 3.05) is 6.61 Å². The Hall–Kier alpha value is -2.08. The van der Waals surface area contributed by atoms with Crippen molar-refractivity contribution >= 4 is 11.9 Å². The molecular weight excluding hydrogens is 444 g/mol. The molecule has 6 heteroatoms. The average Bonchev–Trinajstić information content (AvgIpc) is 3.09. The summed E-state index contributed by atoms with van der Waals surface area (Å²) in [6, 6.07) is 5.88. The van der Waals surface area contributed by atoms with Crippen LogP contribution in [0.3, 0.4) is 0 Å². The van der Waals surface area contributed by atoms with Crippen LogP contribution in [-0.4, -0.2) is 41.0 Å². The van der Waals surface area contributed by atoms with Crippen LogP contribution in [0.2, 0.25) is 0 Å². The van der Waals surface area contributed by atoms with Crippen molar-refractivity contribution in [1.29, 1.82) is 0 Å². The zero-order valence-corrected chi connectivity index (χ0v) is 21.9. The summed E-state index contributed by atoms with van der Waals surface area (Å²) in [5.74, 6) is 0.485. The van der Waals surface area contributed by atoms with E-state index in [0.717, 1.165) is 63.4 Å². The Morgan fingerprint density at radius 2 is 1.91 bits per heavy atom. The van der Waals surface area contributed by atoms with Gasteiger partial charge in [0.2, 0.25) is 0 Å². The first-order valence-corrected chi connectivity index (χ1v) is 13.4. The molecule has 0 bridgehead atoms. The lowest BCUT2D eigenvalue weighted by Gasteiger charge is -2.33. The summed E-state index contributed by atoms with van der Waals surface area (Å²) in [6.45, 7) is 7.95. The molecule has 2 aliphatic rings. The Morgan fingerprint density at radius 1 is 1.14 bits per heavy atom. The van der Waals surface area contributed by atoms with Crippen LogP contribution < -0.4 is 4.74 Å². The lowest BCUT2D eigenvalue weighted by molar-refractivity contribution is -0.153. The van der Waals surface area contributed by atoms with Crippen molar-refractivity contribution in [3.8, 4) is 5.75 Å². The fourth-order valence-electron chi connectivity index (χ4n) is 5.99. The molecule has 0 amide bonds. The smallest absolute Gasteiger partial charge is 0.341 e. The minimum absolute atomic E-state index is 0.125. The average molecular weight is 489 g/mol. The van der Waals surface area contributed by atoms with E-state index >= 15 is 0 Å². The van der Waals surface area contributed by atoms with Gasteiger partial charge < -0.3 is 19.7 Å². The summed E-state index contributed by atoms with van der Waals surface area (Å²) >= 11 is 0. The molecule has 196 valence electrons. The Morgan fingerprint density at radius 3 is 2.60 bits per heavy atom. The van der Waals surface area contributed by atoms with Gasteiger partial charge in [0.25, 0.3) is 0 Å². The quantitative estimate of drug-likeness (QED) is 0.295. The maximum Gasteiger partial charge on any atom is 0.341 e. The third-order valence-electron chi connectivity index (χ3n) is 7.60. The summed E-state index contributed by atoms with van der Waals surface area (Å²) in [6.07, 6.45) is 8.17. The molecule has 0 unspecified atom stereocenters. The number of carbonyl (C=O) groups excluding carboxylic acids is 1. The molecule has 35 heavy (non-hydrogen) atoms. The van der Waals surface area contributed by atoms with Gasteiger partial charge in [0, 0.05) is 0 Å². The van der Waals surface area contributed by atoms with Gasteiger partial charge in [0.05, 0.1) is 12.5 Å². The van der Waals surface area contributed by atoms with Crippen LogP contribution in [0.1, 0.15) is 90.2 Å². The van der Waals surface area contributed by atoms with E-state index in [0.29, 0.717) is 24.0 Å². The van der Waals surface area contributed by atoms with E-state index in [1.165, 1.54) is 5.56 Å². The summed E-state index contributed by atoms with van der Waals surface area (Å²) in [7, 11) is 0. The second-order valence-corrected chi connectivity index (χ2v) is 11.8. The number of hydrogen-bond donors (Lipinski definition) is 2.